The highest BCUT2D eigenvalue weighted by Gasteiger charge is 2.31. The Labute approximate surface area is 222 Å². The molecule has 0 aromatic heterocycles. The summed E-state index contributed by atoms with van der Waals surface area (Å²) < 4.78 is 5.77. The SMILES string of the molecule is CCCCOC(=O)c1ccc(NC(=O)CCCCCN2C(=O)/C(=C/c3ccc(C)cc3)SC2=S)cc1. The number of rotatable bonds is 12. The lowest BCUT2D eigenvalue weighted by molar-refractivity contribution is -0.122. The summed E-state index contributed by atoms with van der Waals surface area (Å²) in [6.07, 6.45) is 6.36. The third-order valence-corrected chi connectivity index (χ3v) is 7.05. The fraction of sp³-hybridized carbons (Fsp3) is 0.357. The standard InChI is InChI=1S/C28H32N2O4S2/c1-3-4-18-34-27(33)22-13-15-23(16-14-22)29-25(31)8-6-5-7-17-30-26(32)24(36-28(30)35)19-21-11-9-20(2)10-12-21/h9-16,19H,3-8,17-18H2,1-2H3,(H,29,31)/b24-19-. The van der Waals surface area contributed by atoms with Crippen LogP contribution in [0.5, 0.6) is 0 Å². The Bertz CT molecular complexity index is 1110. The van der Waals surface area contributed by atoms with E-state index < -0.39 is 0 Å². The zero-order valence-electron chi connectivity index (χ0n) is 20.7. The molecule has 0 atom stereocenters. The monoisotopic (exact) mass is 524 g/mol. The van der Waals surface area contributed by atoms with E-state index in [1.807, 2.05) is 44.2 Å². The highest BCUT2D eigenvalue weighted by Crippen LogP contribution is 2.32. The fourth-order valence-corrected chi connectivity index (χ4v) is 4.85. The van der Waals surface area contributed by atoms with E-state index in [1.165, 1.54) is 17.3 Å². The molecule has 0 spiro atoms. The zero-order chi connectivity index (χ0) is 25.9. The zero-order valence-corrected chi connectivity index (χ0v) is 22.4. The molecule has 2 amide bonds. The van der Waals surface area contributed by atoms with Gasteiger partial charge < -0.3 is 10.1 Å². The lowest BCUT2D eigenvalue weighted by Gasteiger charge is -2.14. The van der Waals surface area contributed by atoms with Crippen molar-refractivity contribution in [1.29, 1.82) is 0 Å². The maximum absolute atomic E-state index is 12.8. The summed E-state index contributed by atoms with van der Waals surface area (Å²) in [5.41, 5.74) is 3.26. The van der Waals surface area contributed by atoms with Gasteiger partial charge in [-0.1, -0.05) is 73.6 Å². The summed E-state index contributed by atoms with van der Waals surface area (Å²) in [5.74, 6) is -0.491. The van der Waals surface area contributed by atoms with Gasteiger partial charge in [-0.2, -0.15) is 0 Å². The van der Waals surface area contributed by atoms with Gasteiger partial charge in [-0.15, -0.1) is 0 Å². The molecule has 1 fully saturated rings. The Morgan fingerprint density at radius 2 is 1.75 bits per heavy atom. The molecule has 190 valence electrons. The number of ether oxygens (including phenoxy) is 1. The molecule has 1 saturated heterocycles. The van der Waals surface area contributed by atoms with E-state index in [4.69, 9.17) is 17.0 Å². The van der Waals surface area contributed by atoms with Crippen molar-refractivity contribution in [3.05, 3.63) is 70.1 Å². The van der Waals surface area contributed by atoms with Crippen LogP contribution in [-0.4, -0.2) is 40.2 Å². The van der Waals surface area contributed by atoms with Gasteiger partial charge in [0.1, 0.15) is 4.32 Å². The summed E-state index contributed by atoms with van der Waals surface area (Å²) in [5, 5.41) is 2.85. The maximum Gasteiger partial charge on any atom is 0.338 e. The molecule has 8 heteroatoms. The molecule has 1 heterocycles. The first-order valence-electron chi connectivity index (χ1n) is 12.3. The van der Waals surface area contributed by atoms with Gasteiger partial charge in [0, 0.05) is 18.7 Å². The quantitative estimate of drug-likeness (QED) is 0.151. The summed E-state index contributed by atoms with van der Waals surface area (Å²) in [6.45, 7) is 5.03. The molecule has 0 bridgehead atoms. The highest BCUT2D eigenvalue weighted by atomic mass is 32.2. The van der Waals surface area contributed by atoms with Gasteiger partial charge in [-0.05, 0) is 62.1 Å². The van der Waals surface area contributed by atoms with Gasteiger partial charge in [0.05, 0.1) is 17.1 Å². The third-order valence-electron chi connectivity index (χ3n) is 5.67. The number of thioether (sulfide) groups is 1. The molecule has 1 aliphatic heterocycles. The van der Waals surface area contributed by atoms with E-state index in [9.17, 15) is 14.4 Å². The highest BCUT2D eigenvalue weighted by molar-refractivity contribution is 8.26. The van der Waals surface area contributed by atoms with Crippen molar-refractivity contribution in [2.24, 2.45) is 0 Å². The van der Waals surface area contributed by atoms with E-state index in [2.05, 4.69) is 5.32 Å². The second kappa shape index (κ2) is 13.9. The predicted octanol–water partition coefficient (Wildman–Crippen LogP) is 6.35. The van der Waals surface area contributed by atoms with Crippen molar-refractivity contribution in [2.75, 3.05) is 18.5 Å². The number of hydrogen-bond donors (Lipinski definition) is 1. The number of benzene rings is 2. The van der Waals surface area contributed by atoms with Crippen LogP contribution in [0.1, 0.15) is 66.9 Å². The van der Waals surface area contributed by atoms with Gasteiger partial charge in [0.15, 0.2) is 0 Å². The van der Waals surface area contributed by atoms with Crippen LogP contribution in [0, 0.1) is 6.92 Å². The molecular formula is C28H32N2O4S2. The van der Waals surface area contributed by atoms with E-state index in [-0.39, 0.29) is 17.8 Å². The van der Waals surface area contributed by atoms with Crippen molar-refractivity contribution < 1.29 is 19.1 Å². The van der Waals surface area contributed by atoms with Gasteiger partial charge in [0.2, 0.25) is 5.91 Å². The first-order chi connectivity index (χ1) is 17.4. The van der Waals surface area contributed by atoms with E-state index in [1.54, 1.807) is 29.2 Å². The Morgan fingerprint density at radius 1 is 1.03 bits per heavy atom. The number of anilines is 1. The number of esters is 1. The summed E-state index contributed by atoms with van der Waals surface area (Å²) in [6, 6.07) is 14.7. The van der Waals surface area contributed by atoms with Crippen molar-refractivity contribution in [3.8, 4) is 0 Å². The average molecular weight is 525 g/mol. The van der Waals surface area contributed by atoms with Crippen molar-refractivity contribution >= 4 is 57.8 Å². The molecule has 0 unspecified atom stereocenters. The minimum atomic E-state index is -0.353. The third kappa shape index (κ3) is 8.31. The van der Waals surface area contributed by atoms with Crippen LogP contribution < -0.4 is 5.32 Å². The molecule has 0 radical (unpaired) electrons. The number of amides is 2. The Morgan fingerprint density at radius 3 is 2.44 bits per heavy atom. The van der Waals surface area contributed by atoms with Crippen molar-refractivity contribution in [2.45, 2.75) is 52.4 Å². The molecule has 1 N–H and O–H groups in total. The number of thiocarbonyl (C=S) groups is 1. The minimum absolute atomic E-state index is 0.0546. The molecule has 0 aliphatic carbocycles. The molecule has 1 aliphatic rings. The molecule has 2 aromatic rings. The summed E-state index contributed by atoms with van der Waals surface area (Å²) in [4.78, 5) is 39.3. The second-order valence-corrected chi connectivity index (χ2v) is 10.3. The van der Waals surface area contributed by atoms with Crippen molar-refractivity contribution in [1.82, 2.24) is 4.90 Å². The minimum Gasteiger partial charge on any atom is -0.462 e. The molecular weight excluding hydrogens is 492 g/mol. The normalized spacial score (nSPS) is 14.4. The average Bonchev–Trinajstić information content (AvgIpc) is 3.13. The molecule has 3 rings (SSSR count). The van der Waals surface area contributed by atoms with Crippen LogP contribution in [0.4, 0.5) is 5.69 Å². The van der Waals surface area contributed by atoms with Gasteiger partial charge in [0.25, 0.3) is 5.91 Å². The topological polar surface area (TPSA) is 75.7 Å². The largest absolute Gasteiger partial charge is 0.462 e. The van der Waals surface area contributed by atoms with Crippen LogP contribution in [0.25, 0.3) is 6.08 Å². The van der Waals surface area contributed by atoms with Crippen molar-refractivity contribution in [3.63, 3.8) is 0 Å². The molecule has 2 aromatic carbocycles. The lowest BCUT2D eigenvalue weighted by atomic mass is 10.1. The predicted molar refractivity (Wildman–Crippen MR) is 150 cm³/mol. The number of hydrogen-bond acceptors (Lipinski definition) is 6. The molecule has 0 saturated carbocycles. The summed E-state index contributed by atoms with van der Waals surface area (Å²) in [7, 11) is 0. The van der Waals surface area contributed by atoms with Gasteiger partial charge >= 0.3 is 5.97 Å². The number of aryl methyl sites for hydroxylation is 1. The van der Waals surface area contributed by atoms with Crippen LogP contribution in [0.2, 0.25) is 0 Å². The van der Waals surface area contributed by atoms with Crippen LogP contribution in [0.3, 0.4) is 0 Å². The number of nitrogens with one attached hydrogen (secondary N) is 1. The maximum atomic E-state index is 12.8. The molecule has 6 nitrogen and oxygen atoms in total. The van der Waals surface area contributed by atoms with Gasteiger partial charge in [-0.25, -0.2) is 4.79 Å². The number of carbonyl (C=O) groups is 3. The first kappa shape index (κ1) is 27.6. The number of nitrogens with zero attached hydrogens (tertiary/aromatic N) is 1. The van der Waals surface area contributed by atoms with Crippen LogP contribution in [-0.2, 0) is 14.3 Å². The molecule has 36 heavy (non-hydrogen) atoms. The first-order valence-corrected chi connectivity index (χ1v) is 13.5. The second-order valence-electron chi connectivity index (χ2n) is 8.67. The summed E-state index contributed by atoms with van der Waals surface area (Å²) >= 11 is 6.74. The smallest absolute Gasteiger partial charge is 0.338 e. The fourth-order valence-electron chi connectivity index (χ4n) is 3.54. The van der Waals surface area contributed by atoms with E-state index >= 15 is 0 Å². The number of carbonyl (C=O) groups excluding carboxylic acids is 3. The van der Waals surface area contributed by atoms with Gasteiger partial charge in [-0.3, -0.25) is 14.5 Å². The van der Waals surface area contributed by atoms with E-state index in [0.29, 0.717) is 46.5 Å². The lowest BCUT2D eigenvalue weighted by Crippen LogP contribution is -2.29. The Hall–Kier alpha value is -2.97. The van der Waals surface area contributed by atoms with E-state index in [0.717, 1.165) is 31.2 Å². The van der Waals surface area contributed by atoms with Crippen LogP contribution in [0.15, 0.2) is 53.4 Å². The Kier molecular flexibility index (Phi) is 10.7. The number of unbranched alkanes of at least 4 members (excludes halogenated alkanes) is 3. The Balaban J connectivity index is 1.36. The van der Waals surface area contributed by atoms with Crippen LogP contribution >= 0.6 is 24.0 Å².